The quantitative estimate of drug-likeness (QED) is 0.757. The van der Waals surface area contributed by atoms with E-state index in [1.165, 1.54) is 5.56 Å². The van der Waals surface area contributed by atoms with Gasteiger partial charge in [0.2, 0.25) is 0 Å². The van der Waals surface area contributed by atoms with Crippen LogP contribution in [0.5, 0.6) is 0 Å². The Hall–Kier alpha value is -1.18. The van der Waals surface area contributed by atoms with Gasteiger partial charge in [-0.25, -0.2) is 0 Å². The molecule has 0 atom stereocenters. The number of nitrogens with one attached hydrogen (secondary N) is 1. The van der Waals surface area contributed by atoms with Crippen molar-refractivity contribution in [3.8, 4) is 0 Å². The highest BCUT2D eigenvalue weighted by Crippen LogP contribution is 2.23. The molecule has 1 N–H and O–H groups in total. The van der Waals surface area contributed by atoms with E-state index in [-0.39, 0.29) is 0 Å². The van der Waals surface area contributed by atoms with Gasteiger partial charge in [0.05, 0.1) is 10.0 Å². The number of hydrogen-bond donors (Lipinski definition) is 1. The van der Waals surface area contributed by atoms with Gasteiger partial charge in [0.15, 0.2) is 0 Å². The molecule has 0 aliphatic heterocycles. The average Bonchev–Trinajstić information content (AvgIpc) is 2.40. The normalized spacial score (nSPS) is 10.3. The first-order valence-electron chi connectivity index (χ1n) is 5.98. The van der Waals surface area contributed by atoms with E-state index in [2.05, 4.69) is 17.4 Å². The van der Waals surface area contributed by atoms with Crippen molar-refractivity contribution in [3.63, 3.8) is 0 Å². The van der Waals surface area contributed by atoms with Gasteiger partial charge in [0.25, 0.3) is 0 Å². The summed E-state index contributed by atoms with van der Waals surface area (Å²) in [6.07, 6.45) is 2.06. The van der Waals surface area contributed by atoms with E-state index in [1.54, 1.807) is 0 Å². The molecular weight excluding hydrogens is 265 g/mol. The van der Waals surface area contributed by atoms with Crippen molar-refractivity contribution in [2.75, 3.05) is 11.9 Å². The molecule has 0 aliphatic rings. The first-order chi connectivity index (χ1) is 8.75. The molecule has 2 aromatic carbocycles. The van der Waals surface area contributed by atoms with Gasteiger partial charge in [0.1, 0.15) is 0 Å². The molecule has 0 fully saturated rings. The first kappa shape index (κ1) is 13.3. The predicted molar refractivity (Wildman–Crippen MR) is 79.7 cm³/mol. The largest absolute Gasteiger partial charge is 0.385 e. The second kappa shape index (κ2) is 6.67. The fraction of sp³-hybridized carbons (Fsp3) is 0.200. The van der Waals surface area contributed by atoms with Gasteiger partial charge in [0, 0.05) is 12.2 Å². The molecule has 18 heavy (non-hydrogen) atoms. The molecule has 0 saturated carbocycles. The molecule has 1 nitrogen and oxygen atoms in total. The average molecular weight is 280 g/mol. The molecule has 0 aromatic heterocycles. The number of benzene rings is 2. The molecule has 0 spiro atoms. The van der Waals surface area contributed by atoms with E-state index in [1.807, 2.05) is 36.4 Å². The Kier molecular flexibility index (Phi) is 4.91. The number of rotatable bonds is 5. The lowest BCUT2D eigenvalue weighted by Gasteiger charge is -2.06. The lowest BCUT2D eigenvalue weighted by atomic mass is 10.1. The molecule has 2 rings (SSSR count). The lowest BCUT2D eigenvalue weighted by molar-refractivity contribution is 0.863. The highest BCUT2D eigenvalue weighted by molar-refractivity contribution is 6.42. The second-order valence-corrected chi connectivity index (χ2v) is 4.96. The van der Waals surface area contributed by atoms with Crippen molar-refractivity contribution in [2.45, 2.75) is 12.8 Å². The van der Waals surface area contributed by atoms with Crippen LogP contribution >= 0.6 is 23.2 Å². The van der Waals surface area contributed by atoms with Gasteiger partial charge in [-0.3, -0.25) is 0 Å². The number of para-hydroxylation sites is 1. The summed E-state index contributed by atoms with van der Waals surface area (Å²) in [7, 11) is 0. The summed E-state index contributed by atoms with van der Waals surface area (Å²) in [6.45, 7) is 0.949. The lowest BCUT2D eigenvalue weighted by Crippen LogP contribution is -2.02. The third-order valence-corrected chi connectivity index (χ3v) is 3.47. The molecule has 94 valence electrons. The van der Waals surface area contributed by atoms with Crippen LogP contribution in [0.2, 0.25) is 10.0 Å². The summed E-state index contributed by atoms with van der Waals surface area (Å²) in [4.78, 5) is 0. The zero-order valence-corrected chi connectivity index (χ0v) is 11.5. The summed E-state index contributed by atoms with van der Waals surface area (Å²) in [5.41, 5.74) is 2.38. The Morgan fingerprint density at radius 3 is 2.39 bits per heavy atom. The van der Waals surface area contributed by atoms with Crippen LogP contribution in [-0.2, 0) is 6.42 Å². The second-order valence-electron chi connectivity index (χ2n) is 4.14. The highest BCUT2D eigenvalue weighted by Gasteiger charge is 1.99. The molecule has 0 unspecified atom stereocenters. The molecule has 0 saturated heterocycles. The Morgan fingerprint density at radius 2 is 1.67 bits per heavy atom. The Bertz CT molecular complexity index is 497. The van der Waals surface area contributed by atoms with Gasteiger partial charge in [-0.15, -0.1) is 0 Å². The number of aryl methyl sites for hydroxylation is 1. The topological polar surface area (TPSA) is 12.0 Å². The maximum Gasteiger partial charge on any atom is 0.0595 e. The molecule has 0 amide bonds. The van der Waals surface area contributed by atoms with E-state index in [0.717, 1.165) is 25.1 Å². The van der Waals surface area contributed by atoms with Gasteiger partial charge in [-0.05, 0) is 42.7 Å². The van der Waals surface area contributed by atoms with Gasteiger partial charge < -0.3 is 5.32 Å². The number of hydrogen-bond acceptors (Lipinski definition) is 1. The molecule has 0 heterocycles. The van der Waals surface area contributed by atoms with Crippen LogP contribution in [0.1, 0.15) is 12.0 Å². The van der Waals surface area contributed by atoms with E-state index in [9.17, 15) is 0 Å². The minimum Gasteiger partial charge on any atom is -0.385 e. The minimum atomic E-state index is 0.614. The molecule has 0 radical (unpaired) electrons. The summed E-state index contributed by atoms with van der Waals surface area (Å²) < 4.78 is 0. The van der Waals surface area contributed by atoms with Crippen molar-refractivity contribution < 1.29 is 0 Å². The van der Waals surface area contributed by atoms with Crippen LogP contribution in [0.3, 0.4) is 0 Å². The standard InChI is InChI=1S/C15H15Cl2N/c16-14-9-8-12(11-15(14)17)5-4-10-18-13-6-2-1-3-7-13/h1-3,6-9,11,18H,4-5,10H2. The van der Waals surface area contributed by atoms with E-state index in [0.29, 0.717) is 10.0 Å². The Labute approximate surface area is 118 Å². The summed E-state index contributed by atoms with van der Waals surface area (Å²) in [5, 5.41) is 4.63. The molecule has 3 heteroatoms. The van der Waals surface area contributed by atoms with E-state index in [4.69, 9.17) is 23.2 Å². The number of halogens is 2. The molecule has 0 aliphatic carbocycles. The fourth-order valence-electron chi connectivity index (χ4n) is 1.78. The minimum absolute atomic E-state index is 0.614. The predicted octanol–water partition coefficient (Wildman–Crippen LogP) is 5.04. The molecular formula is C15H15Cl2N. The number of anilines is 1. The van der Waals surface area contributed by atoms with Gasteiger partial charge in [-0.2, -0.15) is 0 Å². The third-order valence-electron chi connectivity index (χ3n) is 2.73. The van der Waals surface area contributed by atoms with Crippen LogP contribution in [0.4, 0.5) is 5.69 Å². The van der Waals surface area contributed by atoms with Crippen LogP contribution in [0, 0.1) is 0 Å². The van der Waals surface area contributed by atoms with E-state index < -0.39 is 0 Å². The smallest absolute Gasteiger partial charge is 0.0595 e. The van der Waals surface area contributed by atoms with Crippen LogP contribution in [0.25, 0.3) is 0 Å². The molecule has 0 bridgehead atoms. The van der Waals surface area contributed by atoms with Gasteiger partial charge >= 0.3 is 0 Å². The van der Waals surface area contributed by atoms with Crippen LogP contribution in [-0.4, -0.2) is 6.54 Å². The first-order valence-corrected chi connectivity index (χ1v) is 6.74. The zero-order chi connectivity index (χ0) is 12.8. The van der Waals surface area contributed by atoms with Crippen molar-refractivity contribution in [3.05, 3.63) is 64.1 Å². The van der Waals surface area contributed by atoms with Crippen molar-refractivity contribution in [1.82, 2.24) is 0 Å². The molecule has 2 aromatic rings. The van der Waals surface area contributed by atoms with Crippen LogP contribution < -0.4 is 5.32 Å². The maximum absolute atomic E-state index is 5.97. The fourth-order valence-corrected chi connectivity index (χ4v) is 2.10. The maximum atomic E-state index is 5.97. The van der Waals surface area contributed by atoms with Crippen LogP contribution in [0.15, 0.2) is 48.5 Å². The van der Waals surface area contributed by atoms with Crippen molar-refractivity contribution in [1.29, 1.82) is 0 Å². The van der Waals surface area contributed by atoms with E-state index >= 15 is 0 Å². The summed E-state index contributed by atoms with van der Waals surface area (Å²) in [5.74, 6) is 0. The monoisotopic (exact) mass is 279 g/mol. The van der Waals surface area contributed by atoms with Gasteiger partial charge in [-0.1, -0.05) is 47.5 Å². The third kappa shape index (κ3) is 3.94. The SMILES string of the molecule is Clc1ccc(CCCNc2ccccc2)cc1Cl. The zero-order valence-electron chi connectivity index (χ0n) is 10.00. The Balaban J connectivity index is 1.77. The Morgan fingerprint density at radius 1 is 0.889 bits per heavy atom. The van der Waals surface area contributed by atoms with Crippen molar-refractivity contribution >= 4 is 28.9 Å². The highest BCUT2D eigenvalue weighted by atomic mass is 35.5. The summed E-state index contributed by atoms with van der Waals surface area (Å²) in [6, 6.07) is 16.0. The van der Waals surface area contributed by atoms with Crippen molar-refractivity contribution in [2.24, 2.45) is 0 Å². The summed E-state index contributed by atoms with van der Waals surface area (Å²) >= 11 is 11.9.